The van der Waals surface area contributed by atoms with E-state index in [1.54, 1.807) is 0 Å². The molecule has 1 N–H and O–H groups in total. The summed E-state index contributed by atoms with van der Waals surface area (Å²) in [6.07, 6.45) is 11.1. The van der Waals surface area contributed by atoms with Crippen molar-refractivity contribution in [3.63, 3.8) is 0 Å². The van der Waals surface area contributed by atoms with E-state index in [1.165, 1.54) is 44.2 Å². The Morgan fingerprint density at radius 2 is 2.00 bits per heavy atom. The van der Waals surface area contributed by atoms with Gasteiger partial charge in [0.15, 0.2) is 0 Å². The molecule has 1 aromatic rings. The van der Waals surface area contributed by atoms with Gasteiger partial charge in [-0.25, -0.2) is 0 Å². The molecular formula is C18H29BrN2. The maximum absolute atomic E-state index is 4.57. The Morgan fingerprint density at radius 1 is 1.24 bits per heavy atom. The minimum atomic E-state index is 0.594. The van der Waals surface area contributed by atoms with Crippen LogP contribution in [0.1, 0.15) is 58.1 Å². The highest BCUT2D eigenvalue weighted by Crippen LogP contribution is 2.33. The highest BCUT2D eigenvalue weighted by Gasteiger charge is 2.27. The van der Waals surface area contributed by atoms with Gasteiger partial charge in [-0.1, -0.05) is 33.1 Å². The Bertz CT molecular complexity index is 396. The van der Waals surface area contributed by atoms with Crippen molar-refractivity contribution in [1.29, 1.82) is 0 Å². The molecule has 0 radical (unpaired) electrons. The topological polar surface area (TPSA) is 24.9 Å². The van der Waals surface area contributed by atoms with Crippen LogP contribution in [-0.2, 0) is 6.42 Å². The average Bonchev–Trinajstić information content (AvgIpc) is 2.53. The second kappa shape index (κ2) is 8.89. The first-order valence-corrected chi connectivity index (χ1v) is 9.36. The van der Waals surface area contributed by atoms with Gasteiger partial charge in [0.25, 0.3) is 0 Å². The largest absolute Gasteiger partial charge is 0.313 e. The third-order valence-electron chi connectivity index (χ3n) is 4.91. The molecule has 0 aromatic carbocycles. The first-order valence-electron chi connectivity index (χ1n) is 8.56. The van der Waals surface area contributed by atoms with E-state index in [0.717, 1.165) is 29.3 Å². The normalized spacial score (nSPS) is 24.0. The third-order valence-corrected chi connectivity index (χ3v) is 5.38. The first-order chi connectivity index (χ1) is 10.2. The van der Waals surface area contributed by atoms with Gasteiger partial charge in [-0.15, -0.1) is 0 Å². The molecule has 0 spiro atoms. The Morgan fingerprint density at radius 3 is 2.57 bits per heavy atom. The predicted molar refractivity (Wildman–Crippen MR) is 93.5 cm³/mol. The zero-order chi connectivity index (χ0) is 15.1. The van der Waals surface area contributed by atoms with Crippen LogP contribution in [0.2, 0.25) is 0 Å². The van der Waals surface area contributed by atoms with Gasteiger partial charge in [0.2, 0.25) is 0 Å². The molecule has 2 rings (SSSR count). The van der Waals surface area contributed by atoms with E-state index in [-0.39, 0.29) is 0 Å². The van der Waals surface area contributed by atoms with E-state index in [2.05, 4.69) is 52.2 Å². The first kappa shape index (κ1) is 17.0. The fourth-order valence-electron chi connectivity index (χ4n) is 3.49. The highest BCUT2D eigenvalue weighted by molar-refractivity contribution is 9.10. The lowest BCUT2D eigenvalue weighted by Crippen LogP contribution is -2.40. The molecule has 21 heavy (non-hydrogen) atoms. The number of hydrogen-bond acceptors (Lipinski definition) is 2. The molecular weight excluding hydrogens is 324 g/mol. The fourth-order valence-corrected chi connectivity index (χ4v) is 3.72. The van der Waals surface area contributed by atoms with Crippen LogP contribution in [0.5, 0.6) is 0 Å². The van der Waals surface area contributed by atoms with Crippen molar-refractivity contribution in [2.24, 2.45) is 11.8 Å². The molecule has 1 saturated carbocycles. The lowest BCUT2D eigenvalue weighted by Gasteiger charge is -2.34. The molecule has 0 amide bonds. The van der Waals surface area contributed by atoms with Crippen molar-refractivity contribution in [1.82, 2.24) is 10.3 Å². The summed E-state index contributed by atoms with van der Waals surface area (Å²) in [5.74, 6) is 1.80. The van der Waals surface area contributed by atoms with Gasteiger partial charge < -0.3 is 5.32 Å². The van der Waals surface area contributed by atoms with E-state index in [4.69, 9.17) is 0 Å². The van der Waals surface area contributed by atoms with Crippen molar-refractivity contribution in [3.8, 4) is 0 Å². The Kier molecular flexibility index (Phi) is 7.18. The van der Waals surface area contributed by atoms with Crippen LogP contribution in [0.4, 0.5) is 0 Å². The molecule has 1 atom stereocenters. The molecule has 1 aromatic heterocycles. The second-order valence-electron chi connectivity index (χ2n) is 6.42. The van der Waals surface area contributed by atoms with Gasteiger partial charge in [-0.2, -0.15) is 0 Å². The van der Waals surface area contributed by atoms with Crippen LogP contribution in [-0.4, -0.2) is 17.6 Å². The van der Waals surface area contributed by atoms with E-state index in [9.17, 15) is 0 Å². The molecule has 0 saturated heterocycles. The number of nitrogens with zero attached hydrogens (tertiary/aromatic N) is 1. The highest BCUT2D eigenvalue weighted by atomic mass is 79.9. The van der Waals surface area contributed by atoms with Crippen molar-refractivity contribution in [3.05, 3.63) is 28.5 Å². The lowest BCUT2D eigenvalue weighted by molar-refractivity contribution is 0.216. The number of aromatic nitrogens is 1. The van der Waals surface area contributed by atoms with Crippen LogP contribution in [0, 0.1) is 11.8 Å². The summed E-state index contributed by atoms with van der Waals surface area (Å²) in [5.41, 5.74) is 1.21. The lowest BCUT2D eigenvalue weighted by atomic mass is 9.76. The zero-order valence-corrected chi connectivity index (χ0v) is 15.0. The third kappa shape index (κ3) is 5.37. The quantitative estimate of drug-likeness (QED) is 0.748. The van der Waals surface area contributed by atoms with Crippen molar-refractivity contribution in [2.45, 2.75) is 64.8 Å². The fraction of sp³-hybridized carbons (Fsp3) is 0.722. The molecule has 0 bridgehead atoms. The summed E-state index contributed by atoms with van der Waals surface area (Å²) in [5, 5.41) is 3.78. The van der Waals surface area contributed by atoms with E-state index < -0.39 is 0 Å². The van der Waals surface area contributed by atoms with Crippen LogP contribution in [0.25, 0.3) is 0 Å². The van der Waals surface area contributed by atoms with Gasteiger partial charge >= 0.3 is 0 Å². The Hall–Kier alpha value is -0.410. The van der Waals surface area contributed by atoms with Gasteiger partial charge in [0, 0.05) is 28.8 Å². The molecule has 2 nitrogen and oxygen atoms in total. The molecule has 1 aliphatic rings. The summed E-state index contributed by atoms with van der Waals surface area (Å²) in [4.78, 5) is 4.57. The Labute approximate surface area is 138 Å². The van der Waals surface area contributed by atoms with E-state index in [0.29, 0.717) is 6.04 Å². The summed E-state index contributed by atoms with van der Waals surface area (Å²) in [6.45, 7) is 5.70. The molecule has 1 fully saturated rings. The number of rotatable bonds is 7. The van der Waals surface area contributed by atoms with Crippen molar-refractivity contribution in [2.75, 3.05) is 6.54 Å². The minimum absolute atomic E-state index is 0.594. The molecule has 0 aliphatic heterocycles. The Balaban J connectivity index is 1.95. The van der Waals surface area contributed by atoms with Crippen LogP contribution in [0.15, 0.2) is 22.8 Å². The van der Waals surface area contributed by atoms with Crippen LogP contribution < -0.4 is 5.32 Å². The average molecular weight is 353 g/mol. The van der Waals surface area contributed by atoms with Crippen LogP contribution >= 0.6 is 15.9 Å². The molecule has 118 valence electrons. The predicted octanol–water partition coefficient (Wildman–Crippen LogP) is 4.97. The number of halogens is 1. The number of pyridine rings is 1. The summed E-state index contributed by atoms with van der Waals surface area (Å²) < 4.78 is 1.06. The summed E-state index contributed by atoms with van der Waals surface area (Å²) in [7, 11) is 0. The summed E-state index contributed by atoms with van der Waals surface area (Å²) >= 11 is 3.47. The van der Waals surface area contributed by atoms with Crippen LogP contribution in [0.3, 0.4) is 0 Å². The molecule has 1 aliphatic carbocycles. The van der Waals surface area contributed by atoms with E-state index >= 15 is 0 Å². The molecule has 3 heteroatoms. The monoisotopic (exact) mass is 352 g/mol. The maximum Gasteiger partial charge on any atom is 0.0420 e. The molecule has 1 unspecified atom stereocenters. The minimum Gasteiger partial charge on any atom is -0.313 e. The van der Waals surface area contributed by atoms with E-state index in [1.807, 2.05) is 6.20 Å². The molecule has 1 heterocycles. The summed E-state index contributed by atoms with van der Waals surface area (Å²) in [6, 6.07) is 4.85. The standard InChI is InChI=1S/C18H29BrN2/c1-3-11-20-18(12-17-10-9-16(19)13-21-17)15-7-5-14(4-2)6-8-15/h9-10,13-15,18,20H,3-8,11-12H2,1-2H3. The number of nitrogens with one attached hydrogen (secondary N) is 1. The van der Waals surface area contributed by atoms with Crippen molar-refractivity contribution >= 4 is 15.9 Å². The number of hydrogen-bond donors (Lipinski definition) is 1. The van der Waals surface area contributed by atoms with Gasteiger partial charge in [0.1, 0.15) is 0 Å². The zero-order valence-electron chi connectivity index (χ0n) is 13.4. The van der Waals surface area contributed by atoms with Crippen molar-refractivity contribution < 1.29 is 0 Å². The smallest absolute Gasteiger partial charge is 0.0420 e. The maximum atomic E-state index is 4.57. The SMILES string of the molecule is CCCNC(Cc1ccc(Br)cn1)C1CCC(CC)CC1. The van der Waals surface area contributed by atoms with Gasteiger partial charge in [-0.05, 0) is 65.7 Å². The van der Waals surface area contributed by atoms with Gasteiger partial charge in [-0.3, -0.25) is 4.98 Å². The second-order valence-corrected chi connectivity index (χ2v) is 7.34. The van der Waals surface area contributed by atoms with Gasteiger partial charge in [0.05, 0.1) is 0 Å².